The average molecular weight is 238 g/mol. The number of hydrogen-bond acceptors (Lipinski definition) is 5. The van der Waals surface area contributed by atoms with Crippen molar-refractivity contribution in [3.8, 4) is 5.75 Å². The van der Waals surface area contributed by atoms with Gasteiger partial charge in [-0.1, -0.05) is 0 Å². The predicted octanol–water partition coefficient (Wildman–Crippen LogP) is 0.515. The minimum atomic E-state index is -0.768. The van der Waals surface area contributed by atoms with Crippen LogP contribution in [-0.4, -0.2) is 41.1 Å². The number of aliphatic hydroxyl groups excluding tert-OH is 2. The molecule has 0 radical (unpaired) electrons. The van der Waals surface area contributed by atoms with Crippen molar-refractivity contribution < 1.29 is 15.3 Å². The van der Waals surface area contributed by atoms with Gasteiger partial charge >= 0.3 is 0 Å². The largest absolute Gasteiger partial charge is 0.506 e. The van der Waals surface area contributed by atoms with Crippen LogP contribution in [0.25, 0.3) is 0 Å². The van der Waals surface area contributed by atoms with Gasteiger partial charge in [0.05, 0.1) is 18.4 Å². The van der Waals surface area contributed by atoms with Crippen LogP contribution in [0.4, 0.5) is 11.4 Å². The molecule has 5 N–H and O–H groups in total. The molecule has 1 aromatic rings. The highest BCUT2D eigenvalue weighted by atomic mass is 16.3. The smallest absolute Gasteiger partial charge is 0.139 e. The van der Waals surface area contributed by atoms with E-state index in [1.807, 2.05) is 0 Å². The van der Waals surface area contributed by atoms with Crippen molar-refractivity contribution in [2.24, 2.45) is 0 Å². The SMILES string of the molecule is OCC(O)CNc1ccc(O)c2c1CCCN2. The number of benzene rings is 1. The molecule has 1 atom stereocenters. The average Bonchev–Trinajstić information content (AvgIpc) is 2.38. The lowest BCUT2D eigenvalue weighted by molar-refractivity contribution is 0.105. The van der Waals surface area contributed by atoms with E-state index in [2.05, 4.69) is 10.6 Å². The third-order valence-electron chi connectivity index (χ3n) is 2.94. The van der Waals surface area contributed by atoms with Crippen LogP contribution in [0.2, 0.25) is 0 Å². The third-order valence-corrected chi connectivity index (χ3v) is 2.94. The fraction of sp³-hybridized carbons (Fsp3) is 0.500. The number of hydrogen-bond donors (Lipinski definition) is 5. The quantitative estimate of drug-likeness (QED) is 0.390. The number of phenols is 1. The third kappa shape index (κ3) is 2.62. The van der Waals surface area contributed by atoms with Crippen LogP contribution >= 0.6 is 0 Å². The Morgan fingerprint density at radius 3 is 3.00 bits per heavy atom. The lowest BCUT2D eigenvalue weighted by Crippen LogP contribution is -2.24. The number of aliphatic hydroxyl groups is 2. The zero-order valence-corrected chi connectivity index (χ0v) is 9.61. The first-order valence-electron chi connectivity index (χ1n) is 5.84. The Labute approximate surface area is 100 Å². The second kappa shape index (κ2) is 5.25. The fourth-order valence-corrected chi connectivity index (χ4v) is 2.03. The van der Waals surface area contributed by atoms with Gasteiger partial charge in [0.1, 0.15) is 5.75 Å². The standard InChI is InChI=1S/C12H18N2O3/c15-7-8(16)6-14-10-3-4-11(17)12-9(10)2-1-5-13-12/h3-4,8,13-17H,1-2,5-7H2. The van der Waals surface area contributed by atoms with Crippen molar-refractivity contribution in [3.05, 3.63) is 17.7 Å². The summed E-state index contributed by atoms with van der Waals surface area (Å²) in [6.45, 7) is 0.905. The van der Waals surface area contributed by atoms with E-state index in [-0.39, 0.29) is 12.4 Å². The Morgan fingerprint density at radius 2 is 2.24 bits per heavy atom. The van der Waals surface area contributed by atoms with Crippen molar-refractivity contribution in [2.75, 3.05) is 30.3 Å². The minimum absolute atomic E-state index is 0.257. The first-order chi connectivity index (χ1) is 8.22. The molecule has 0 fully saturated rings. The number of anilines is 2. The normalized spacial score (nSPS) is 15.9. The Kier molecular flexibility index (Phi) is 3.71. The Balaban J connectivity index is 2.17. The molecule has 0 amide bonds. The maximum atomic E-state index is 9.72. The topological polar surface area (TPSA) is 84.8 Å². The van der Waals surface area contributed by atoms with E-state index in [0.29, 0.717) is 6.54 Å². The van der Waals surface area contributed by atoms with Crippen LogP contribution in [0.15, 0.2) is 12.1 Å². The number of nitrogens with one attached hydrogen (secondary N) is 2. The van der Waals surface area contributed by atoms with Crippen LogP contribution in [0.5, 0.6) is 5.75 Å². The molecule has 17 heavy (non-hydrogen) atoms. The van der Waals surface area contributed by atoms with E-state index in [1.54, 1.807) is 12.1 Å². The molecule has 94 valence electrons. The van der Waals surface area contributed by atoms with Gasteiger partial charge < -0.3 is 26.0 Å². The molecule has 0 bridgehead atoms. The van der Waals surface area contributed by atoms with Crippen LogP contribution in [0.1, 0.15) is 12.0 Å². The molecule has 1 aliphatic rings. The maximum Gasteiger partial charge on any atom is 0.139 e. The molecule has 1 aliphatic heterocycles. The Bertz CT molecular complexity index is 396. The van der Waals surface area contributed by atoms with Gasteiger partial charge in [-0.3, -0.25) is 0 Å². The number of phenolic OH excluding ortho intramolecular Hbond substituents is 1. The highest BCUT2D eigenvalue weighted by Crippen LogP contribution is 2.36. The van der Waals surface area contributed by atoms with Crippen molar-refractivity contribution in [1.82, 2.24) is 0 Å². The predicted molar refractivity (Wildman–Crippen MR) is 66.5 cm³/mol. The van der Waals surface area contributed by atoms with Gasteiger partial charge in [-0.05, 0) is 25.0 Å². The second-order valence-electron chi connectivity index (χ2n) is 4.23. The molecule has 2 rings (SSSR count). The zero-order chi connectivity index (χ0) is 12.3. The molecule has 5 heteroatoms. The Morgan fingerprint density at radius 1 is 1.41 bits per heavy atom. The lowest BCUT2D eigenvalue weighted by atomic mass is 10.0. The summed E-state index contributed by atoms with van der Waals surface area (Å²) < 4.78 is 0. The van der Waals surface area contributed by atoms with E-state index < -0.39 is 6.10 Å². The number of aromatic hydroxyl groups is 1. The summed E-state index contributed by atoms with van der Waals surface area (Å²) in [6.07, 6.45) is 1.15. The van der Waals surface area contributed by atoms with Gasteiger partial charge in [-0.2, -0.15) is 0 Å². The van der Waals surface area contributed by atoms with E-state index in [1.165, 1.54) is 0 Å². The van der Waals surface area contributed by atoms with Gasteiger partial charge in [0.25, 0.3) is 0 Å². The second-order valence-corrected chi connectivity index (χ2v) is 4.23. The molecule has 5 nitrogen and oxygen atoms in total. The maximum absolute atomic E-state index is 9.72. The van der Waals surface area contributed by atoms with Gasteiger partial charge in [-0.25, -0.2) is 0 Å². The molecule has 1 unspecified atom stereocenters. The summed E-state index contributed by atoms with van der Waals surface area (Å²) in [5.74, 6) is 0.257. The van der Waals surface area contributed by atoms with Gasteiger partial charge in [0.15, 0.2) is 0 Å². The van der Waals surface area contributed by atoms with E-state index in [4.69, 9.17) is 5.11 Å². The van der Waals surface area contributed by atoms with Crippen molar-refractivity contribution in [1.29, 1.82) is 0 Å². The highest BCUT2D eigenvalue weighted by molar-refractivity contribution is 5.72. The number of fused-ring (bicyclic) bond motifs is 1. The first-order valence-corrected chi connectivity index (χ1v) is 5.84. The summed E-state index contributed by atoms with van der Waals surface area (Å²) in [7, 11) is 0. The van der Waals surface area contributed by atoms with E-state index in [0.717, 1.165) is 36.3 Å². The van der Waals surface area contributed by atoms with Crippen LogP contribution in [0.3, 0.4) is 0 Å². The molecule has 0 aromatic heterocycles. The van der Waals surface area contributed by atoms with Gasteiger partial charge in [-0.15, -0.1) is 0 Å². The van der Waals surface area contributed by atoms with Gasteiger partial charge in [0.2, 0.25) is 0 Å². The first kappa shape index (κ1) is 12.0. The summed E-state index contributed by atoms with van der Waals surface area (Å²) in [5, 5.41) is 34.0. The lowest BCUT2D eigenvalue weighted by Gasteiger charge is -2.23. The molecular formula is C12H18N2O3. The molecule has 0 aliphatic carbocycles. The highest BCUT2D eigenvalue weighted by Gasteiger charge is 2.16. The van der Waals surface area contributed by atoms with Gasteiger partial charge in [0, 0.05) is 24.3 Å². The molecule has 0 saturated heterocycles. The summed E-state index contributed by atoms with van der Waals surface area (Å²) >= 11 is 0. The molecule has 0 saturated carbocycles. The summed E-state index contributed by atoms with van der Waals surface area (Å²) in [5.41, 5.74) is 2.72. The van der Waals surface area contributed by atoms with Crippen molar-refractivity contribution in [2.45, 2.75) is 18.9 Å². The Hall–Kier alpha value is -1.46. The molecule has 0 spiro atoms. The molecule has 1 aromatic carbocycles. The van der Waals surface area contributed by atoms with Crippen molar-refractivity contribution >= 4 is 11.4 Å². The van der Waals surface area contributed by atoms with Crippen LogP contribution in [-0.2, 0) is 6.42 Å². The molecular weight excluding hydrogens is 220 g/mol. The van der Waals surface area contributed by atoms with Crippen LogP contribution in [0, 0.1) is 0 Å². The number of rotatable bonds is 4. The van der Waals surface area contributed by atoms with E-state index in [9.17, 15) is 10.2 Å². The summed E-state index contributed by atoms with van der Waals surface area (Å²) in [4.78, 5) is 0. The monoisotopic (exact) mass is 238 g/mol. The van der Waals surface area contributed by atoms with E-state index >= 15 is 0 Å². The fourth-order valence-electron chi connectivity index (χ4n) is 2.03. The minimum Gasteiger partial charge on any atom is -0.506 e. The van der Waals surface area contributed by atoms with Crippen molar-refractivity contribution in [3.63, 3.8) is 0 Å². The summed E-state index contributed by atoms with van der Waals surface area (Å²) in [6, 6.07) is 3.43. The molecule has 1 heterocycles. The zero-order valence-electron chi connectivity index (χ0n) is 9.61. The van der Waals surface area contributed by atoms with Crippen LogP contribution < -0.4 is 10.6 Å².